The lowest BCUT2D eigenvalue weighted by molar-refractivity contribution is -0.194. The van der Waals surface area contributed by atoms with Crippen LogP contribution in [0.2, 0.25) is 0 Å². The van der Waals surface area contributed by atoms with Gasteiger partial charge in [-0.2, -0.15) is 18.4 Å². The molecule has 36 heavy (non-hydrogen) atoms. The number of rotatable bonds is 6. The molecule has 1 saturated carbocycles. The molecule has 0 bridgehead atoms. The molecular weight excluding hydrogens is 502 g/mol. The van der Waals surface area contributed by atoms with Crippen LogP contribution in [0.1, 0.15) is 28.8 Å². The molecule has 4 rings (SSSR count). The molecule has 2 aliphatic rings. The lowest BCUT2D eigenvalue weighted by Crippen LogP contribution is -2.49. The van der Waals surface area contributed by atoms with Crippen LogP contribution in [-0.2, 0) is 9.84 Å². The normalized spacial score (nSPS) is 17.4. The smallest absolute Gasteiger partial charge is 0.397 e. The van der Waals surface area contributed by atoms with Gasteiger partial charge in [0.15, 0.2) is 9.84 Å². The Balaban J connectivity index is 1.53. The SMILES string of the molecule is CS(=O)(=O)c1ccc(OCC2(C(F)(F)F)CC2)c(C(=O)N2CCN(c3ccc(C#N)cc3F)CC2)c1. The molecule has 1 heterocycles. The first-order chi connectivity index (χ1) is 16.8. The van der Waals surface area contributed by atoms with Crippen LogP contribution in [0.15, 0.2) is 41.3 Å². The summed E-state index contributed by atoms with van der Waals surface area (Å²) in [6.45, 7) is 0.169. The first-order valence-electron chi connectivity index (χ1n) is 11.1. The van der Waals surface area contributed by atoms with E-state index in [4.69, 9.17) is 10.00 Å². The molecule has 192 valence electrons. The van der Waals surface area contributed by atoms with Gasteiger partial charge in [-0.3, -0.25) is 4.79 Å². The van der Waals surface area contributed by atoms with Crippen LogP contribution in [0.5, 0.6) is 5.75 Å². The van der Waals surface area contributed by atoms with Crippen LogP contribution < -0.4 is 9.64 Å². The fourth-order valence-corrected chi connectivity index (χ4v) is 4.71. The Hall–Kier alpha value is -3.33. The summed E-state index contributed by atoms with van der Waals surface area (Å²) in [6, 6.07) is 9.48. The number of sulfone groups is 1. The molecule has 2 fully saturated rings. The predicted octanol–water partition coefficient (Wildman–Crippen LogP) is 3.78. The topological polar surface area (TPSA) is 90.7 Å². The van der Waals surface area contributed by atoms with Gasteiger partial charge in [-0.05, 0) is 49.2 Å². The summed E-state index contributed by atoms with van der Waals surface area (Å²) in [4.78, 5) is 16.3. The summed E-state index contributed by atoms with van der Waals surface area (Å²) in [5.41, 5.74) is -1.64. The van der Waals surface area contributed by atoms with Crippen molar-refractivity contribution < 1.29 is 35.5 Å². The van der Waals surface area contributed by atoms with Gasteiger partial charge in [0.1, 0.15) is 23.6 Å². The van der Waals surface area contributed by atoms with Gasteiger partial charge in [-0.1, -0.05) is 0 Å². The van der Waals surface area contributed by atoms with Crippen molar-refractivity contribution in [2.45, 2.75) is 23.9 Å². The fraction of sp³-hybridized carbons (Fsp3) is 0.417. The van der Waals surface area contributed by atoms with Crippen LogP contribution in [-0.4, -0.2) is 64.4 Å². The molecule has 1 aliphatic heterocycles. The highest BCUT2D eigenvalue weighted by molar-refractivity contribution is 7.90. The number of anilines is 1. The Bertz CT molecular complexity index is 1330. The minimum Gasteiger partial charge on any atom is -0.492 e. The zero-order valence-corrected chi connectivity index (χ0v) is 20.1. The maximum atomic E-state index is 14.4. The zero-order valence-electron chi connectivity index (χ0n) is 19.3. The molecule has 12 heteroatoms. The van der Waals surface area contributed by atoms with Crippen LogP contribution in [0.3, 0.4) is 0 Å². The van der Waals surface area contributed by atoms with Crippen molar-refractivity contribution in [3.63, 3.8) is 0 Å². The van der Waals surface area contributed by atoms with Crippen LogP contribution in [0.4, 0.5) is 23.2 Å². The van der Waals surface area contributed by atoms with Gasteiger partial charge in [-0.25, -0.2) is 12.8 Å². The molecule has 2 aromatic carbocycles. The number of piperazine rings is 1. The summed E-state index contributed by atoms with van der Waals surface area (Å²) in [7, 11) is -3.70. The van der Waals surface area contributed by atoms with Crippen molar-refractivity contribution in [1.82, 2.24) is 4.90 Å². The van der Waals surface area contributed by atoms with Gasteiger partial charge < -0.3 is 14.5 Å². The molecule has 7 nitrogen and oxygen atoms in total. The Labute approximate surface area is 205 Å². The molecule has 1 saturated heterocycles. The number of ether oxygens (including phenoxy) is 1. The second-order valence-electron chi connectivity index (χ2n) is 9.05. The highest BCUT2D eigenvalue weighted by Crippen LogP contribution is 2.57. The number of alkyl halides is 3. The van der Waals surface area contributed by atoms with Gasteiger partial charge in [0.05, 0.1) is 27.8 Å². The summed E-state index contributed by atoms with van der Waals surface area (Å²) in [6.07, 6.45) is -3.63. The number of halogens is 4. The third-order valence-electron chi connectivity index (χ3n) is 6.55. The van der Waals surface area contributed by atoms with E-state index in [0.29, 0.717) is 0 Å². The number of carbonyl (C=O) groups excluding carboxylic acids is 1. The minimum absolute atomic E-state index is 0.0743. The summed E-state index contributed by atoms with van der Waals surface area (Å²) in [5.74, 6) is -1.28. The molecule has 0 spiro atoms. The van der Waals surface area contributed by atoms with Crippen molar-refractivity contribution in [3.05, 3.63) is 53.3 Å². The van der Waals surface area contributed by atoms with Crippen LogP contribution in [0, 0.1) is 22.6 Å². The van der Waals surface area contributed by atoms with E-state index >= 15 is 0 Å². The third kappa shape index (κ3) is 5.11. The number of hydrogen-bond donors (Lipinski definition) is 0. The minimum atomic E-state index is -4.44. The quantitative estimate of drug-likeness (QED) is 0.534. The maximum absolute atomic E-state index is 14.4. The molecule has 0 N–H and O–H groups in total. The zero-order chi connectivity index (χ0) is 26.3. The third-order valence-corrected chi connectivity index (χ3v) is 7.66. The fourth-order valence-electron chi connectivity index (χ4n) is 4.06. The average Bonchev–Trinajstić information content (AvgIpc) is 3.63. The standard InChI is InChI=1S/C24H23F4N3O4S/c1-36(33,34)17-3-5-21(35-15-23(6-7-23)24(26,27)28)18(13-17)22(32)31-10-8-30(9-11-31)20-4-2-16(14-29)12-19(20)25/h2-5,12-13H,6-11,15H2,1H3. The van der Waals surface area contributed by atoms with E-state index in [9.17, 15) is 30.8 Å². The highest BCUT2D eigenvalue weighted by Gasteiger charge is 2.64. The van der Waals surface area contributed by atoms with E-state index in [-0.39, 0.29) is 66.5 Å². The first-order valence-corrected chi connectivity index (χ1v) is 13.0. The predicted molar refractivity (Wildman–Crippen MR) is 122 cm³/mol. The Morgan fingerprint density at radius 2 is 1.78 bits per heavy atom. The van der Waals surface area contributed by atoms with Crippen molar-refractivity contribution in [2.75, 3.05) is 43.9 Å². The lowest BCUT2D eigenvalue weighted by Gasteiger charge is -2.36. The van der Waals surface area contributed by atoms with Crippen molar-refractivity contribution in [3.8, 4) is 11.8 Å². The number of amides is 1. The number of hydrogen-bond acceptors (Lipinski definition) is 6. The van der Waals surface area contributed by atoms with E-state index in [0.717, 1.165) is 18.4 Å². The van der Waals surface area contributed by atoms with E-state index in [2.05, 4.69) is 0 Å². The van der Waals surface area contributed by atoms with Crippen LogP contribution >= 0.6 is 0 Å². The largest absolute Gasteiger partial charge is 0.492 e. The van der Waals surface area contributed by atoms with Gasteiger partial charge in [-0.15, -0.1) is 0 Å². The molecular formula is C24H23F4N3O4S. The van der Waals surface area contributed by atoms with Crippen LogP contribution in [0.25, 0.3) is 0 Å². The number of carbonyl (C=O) groups is 1. The van der Waals surface area contributed by atoms with E-state index in [1.165, 1.54) is 29.2 Å². The molecule has 0 unspecified atom stereocenters. The summed E-state index contributed by atoms with van der Waals surface area (Å²) in [5, 5.41) is 8.91. The molecule has 0 radical (unpaired) electrons. The lowest BCUT2D eigenvalue weighted by atomic mass is 10.1. The van der Waals surface area contributed by atoms with Gasteiger partial charge in [0.2, 0.25) is 0 Å². The van der Waals surface area contributed by atoms with E-state index in [1.807, 2.05) is 6.07 Å². The molecule has 2 aromatic rings. The Morgan fingerprint density at radius 1 is 1.11 bits per heavy atom. The first kappa shape index (κ1) is 25.8. The molecule has 1 aliphatic carbocycles. The Morgan fingerprint density at radius 3 is 2.31 bits per heavy atom. The van der Waals surface area contributed by atoms with Gasteiger partial charge >= 0.3 is 6.18 Å². The number of benzene rings is 2. The maximum Gasteiger partial charge on any atom is 0.397 e. The Kier molecular flexibility index (Phi) is 6.64. The van der Waals surface area contributed by atoms with Gasteiger partial charge in [0.25, 0.3) is 5.91 Å². The van der Waals surface area contributed by atoms with Crippen molar-refractivity contribution in [1.29, 1.82) is 5.26 Å². The molecule has 0 atom stereocenters. The molecule has 1 amide bonds. The summed E-state index contributed by atoms with van der Waals surface area (Å²) < 4.78 is 84.0. The number of nitriles is 1. The summed E-state index contributed by atoms with van der Waals surface area (Å²) >= 11 is 0. The van der Waals surface area contributed by atoms with Crippen molar-refractivity contribution in [2.24, 2.45) is 5.41 Å². The van der Waals surface area contributed by atoms with Crippen molar-refractivity contribution >= 4 is 21.4 Å². The second-order valence-corrected chi connectivity index (χ2v) is 11.1. The second kappa shape index (κ2) is 9.28. The average molecular weight is 526 g/mol. The number of nitrogens with zero attached hydrogens (tertiary/aromatic N) is 3. The molecule has 0 aromatic heterocycles. The van der Waals surface area contributed by atoms with E-state index in [1.54, 1.807) is 4.90 Å². The van der Waals surface area contributed by atoms with E-state index < -0.39 is 39.8 Å². The highest BCUT2D eigenvalue weighted by atomic mass is 32.2. The van der Waals surface area contributed by atoms with Gasteiger partial charge in [0, 0.05) is 32.4 Å². The monoisotopic (exact) mass is 525 g/mol.